The summed E-state index contributed by atoms with van der Waals surface area (Å²) in [5.41, 5.74) is 4.89. The molecule has 26 heavy (non-hydrogen) atoms. The Balaban J connectivity index is 1.79. The molecule has 2 heterocycles. The van der Waals surface area contributed by atoms with Crippen LogP contribution in [0.5, 0.6) is 0 Å². The monoisotopic (exact) mass is 370 g/mol. The third-order valence-corrected chi connectivity index (χ3v) is 5.05. The number of hydrogen-bond acceptors (Lipinski definition) is 6. The summed E-state index contributed by atoms with van der Waals surface area (Å²) in [6.45, 7) is 6.42. The van der Waals surface area contributed by atoms with Crippen molar-refractivity contribution in [2.45, 2.75) is 33.8 Å². The van der Waals surface area contributed by atoms with E-state index in [-0.39, 0.29) is 11.6 Å². The molecule has 0 saturated carbocycles. The molecule has 0 bridgehead atoms. The molecule has 0 spiro atoms. The topological polar surface area (TPSA) is 89.1 Å². The van der Waals surface area contributed by atoms with Gasteiger partial charge in [0.25, 0.3) is 0 Å². The zero-order chi connectivity index (χ0) is 19.0. The van der Waals surface area contributed by atoms with Crippen LogP contribution in [0.2, 0.25) is 0 Å². The highest BCUT2D eigenvalue weighted by atomic mass is 32.1. The van der Waals surface area contributed by atoms with Gasteiger partial charge in [-0.3, -0.25) is 9.59 Å². The lowest BCUT2D eigenvalue weighted by Gasteiger charge is -2.12. The molecule has 0 aliphatic rings. The van der Waals surface area contributed by atoms with Crippen LogP contribution in [0.4, 0.5) is 0 Å². The Morgan fingerprint density at radius 2 is 1.96 bits per heavy atom. The number of Topliss-reactive ketones (excluding diaryl/α,β-unsaturated/α-hetero) is 2. The number of nitrogens with one attached hydrogen (secondary N) is 1. The largest absolute Gasteiger partial charge is 0.451 e. The number of aryl methyl sites for hydroxylation is 1. The van der Waals surface area contributed by atoms with Gasteiger partial charge in [0.2, 0.25) is 5.78 Å². The van der Waals surface area contributed by atoms with Gasteiger partial charge in [0.1, 0.15) is 0 Å². The van der Waals surface area contributed by atoms with E-state index in [2.05, 4.69) is 9.97 Å². The normalized spacial score (nSPS) is 12.2. The summed E-state index contributed by atoms with van der Waals surface area (Å²) < 4.78 is 6.21. The molecule has 0 aliphatic carbocycles. The molecule has 0 amide bonds. The third-order valence-electron chi connectivity index (χ3n) is 4.26. The number of thiazole rings is 1. The number of rotatable bonds is 5. The quantitative estimate of drug-likeness (QED) is 0.544. The van der Waals surface area contributed by atoms with Crippen molar-refractivity contribution in [2.75, 3.05) is 0 Å². The number of H-pyrrole nitrogens is 1. The predicted molar refractivity (Wildman–Crippen MR) is 99.1 cm³/mol. The van der Waals surface area contributed by atoms with Crippen molar-refractivity contribution in [3.63, 3.8) is 0 Å². The molecule has 1 N–H and O–H groups in total. The van der Waals surface area contributed by atoms with Crippen LogP contribution in [0.25, 0.3) is 10.2 Å². The Bertz CT molecular complexity index is 1030. The minimum absolute atomic E-state index is 0.113. The molecule has 134 valence electrons. The molecule has 0 aliphatic heterocycles. The van der Waals surface area contributed by atoms with Gasteiger partial charge in [-0.05, 0) is 51.5 Å². The summed E-state index contributed by atoms with van der Waals surface area (Å²) in [5, 5.41) is 0. The van der Waals surface area contributed by atoms with Crippen molar-refractivity contribution in [2.24, 2.45) is 0 Å². The number of carbonyl (C=O) groups excluding carboxylic acids is 3. The Morgan fingerprint density at radius 3 is 2.62 bits per heavy atom. The van der Waals surface area contributed by atoms with E-state index in [4.69, 9.17) is 4.74 Å². The fourth-order valence-corrected chi connectivity index (χ4v) is 3.71. The predicted octanol–water partition coefficient (Wildman–Crippen LogP) is 3.87. The second-order valence-electron chi connectivity index (χ2n) is 6.13. The maximum Gasteiger partial charge on any atom is 0.338 e. The van der Waals surface area contributed by atoms with Crippen LogP contribution in [0.15, 0.2) is 23.7 Å². The van der Waals surface area contributed by atoms with Gasteiger partial charge in [-0.2, -0.15) is 0 Å². The van der Waals surface area contributed by atoms with Crippen LogP contribution in [0.1, 0.15) is 56.3 Å². The van der Waals surface area contributed by atoms with Crippen LogP contribution < -0.4 is 0 Å². The number of carbonyl (C=O) groups is 3. The standard InChI is InChI=1S/C19H18N2O4S/c1-9-16(11(3)22)10(2)21-17(9)18(23)12(4)25-19(24)13-5-6-14-15(7-13)26-8-20-14/h5-8,12,21H,1-4H3/t12-/m1/s1. The van der Waals surface area contributed by atoms with Crippen LogP contribution in [-0.2, 0) is 4.74 Å². The molecule has 0 saturated heterocycles. The van der Waals surface area contributed by atoms with Crippen molar-refractivity contribution in [3.05, 3.63) is 51.8 Å². The van der Waals surface area contributed by atoms with Crippen molar-refractivity contribution >= 4 is 39.1 Å². The number of nitrogens with zero attached hydrogens (tertiary/aromatic N) is 1. The maximum absolute atomic E-state index is 12.7. The first-order valence-corrected chi connectivity index (χ1v) is 8.96. The summed E-state index contributed by atoms with van der Waals surface area (Å²) in [7, 11) is 0. The summed E-state index contributed by atoms with van der Waals surface area (Å²) in [5.74, 6) is -1.06. The summed E-state index contributed by atoms with van der Waals surface area (Å²) in [6, 6.07) is 5.07. The van der Waals surface area contributed by atoms with Crippen LogP contribution in [0.3, 0.4) is 0 Å². The zero-order valence-corrected chi connectivity index (χ0v) is 15.7. The van der Waals surface area contributed by atoms with Gasteiger partial charge in [-0.1, -0.05) is 0 Å². The number of aromatic nitrogens is 2. The van der Waals surface area contributed by atoms with Gasteiger partial charge in [0, 0.05) is 11.3 Å². The Morgan fingerprint density at radius 1 is 1.23 bits per heavy atom. The van der Waals surface area contributed by atoms with E-state index in [1.807, 2.05) is 0 Å². The lowest BCUT2D eigenvalue weighted by Crippen LogP contribution is -2.25. The molecular weight excluding hydrogens is 352 g/mol. The van der Waals surface area contributed by atoms with Gasteiger partial charge in [0.15, 0.2) is 11.9 Å². The smallest absolute Gasteiger partial charge is 0.338 e. The number of aromatic amines is 1. The SMILES string of the molecule is CC(=O)c1c(C)[nH]c(C(=O)[C@@H](C)OC(=O)c2ccc3ncsc3c2)c1C. The number of fused-ring (bicyclic) bond motifs is 1. The lowest BCUT2D eigenvalue weighted by atomic mass is 10.0. The molecule has 3 rings (SSSR count). The van der Waals surface area contributed by atoms with E-state index in [1.54, 1.807) is 37.6 Å². The first-order valence-electron chi connectivity index (χ1n) is 8.08. The second-order valence-corrected chi connectivity index (χ2v) is 7.01. The molecule has 7 heteroatoms. The first-order chi connectivity index (χ1) is 12.3. The molecule has 3 aromatic rings. The Labute approximate surface area is 154 Å². The minimum Gasteiger partial charge on any atom is -0.451 e. The van der Waals surface area contributed by atoms with E-state index in [9.17, 15) is 14.4 Å². The third kappa shape index (κ3) is 3.17. The Hall–Kier alpha value is -2.80. The number of ketones is 2. The number of hydrogen-bond donors (Lipinski definition) is 1. The average molecular weight is 370 g/mol. The van der Waals surface area contributed by atoms with Gasteiger partial charge in [-0.25, -0.2) is 9.78 Å². The molecule has 0 radical (unpaired) electrons. The van der Waals surface area contributed by atoms with E-state index >= 15 is 0 Å². The fourth-order valence-electron chi connectivity index (χ4n) is 2.99. The minimum atomic E-state index is -0.976. The fraction of sp³-hybridized carbons (Fsp3) is 0.263. The maximum atomic E-state index is 12.7. The highest BCUT2D eigenvalue weighted by Crippen LogP contribution is 2.22. The summed E-state index contributed by atoms with van der Waals surface area (Å²) >= 11 is 1.43. The lowest BCUT2D eigenvalue weighted by molar-refractivity contribution is 0.0317. The summed E-state index contributed by atoms with van der Waals surface area (Å²) in [6.07, 6.45) is -0.976. The Kier molecular flexibility index (Phi) is 4.73. The van der Waals surface area contributed by atoms with Crippen molar-refractivity contribution < 1.29 is 19.1 Å². The van der Waals surface area contributed by atoms with E-state index in [1.165, 1.54) is 25.2 Å². The van der Waals surface area contributed by atoms with E-state index in [0.29, 0.717) is 28.1 Å². The van der Waals surface area contributed by atoms with Gasteiger partial charge >= 0.3 is 5.97 Å². The van der Waals surface area contributed by atoms with Crippen LogP contribution >= 0.6 is 11.3 Å². The molecular formula is C19H18N2O4S. The first kappa shape index (κ1) is 18.0. The average Bonchev–Trinajstić information content (AvgIpc) is 3.17. The van der Waals surface area contributed by atoms with Crippen LogP contribution in [-0.4, -0.2) is 33.6 Å². The number of esters is 1. The molecule has 2 aromatic heterocycles. The highest BCUT2D eigenvalue weighted by molar-refractivity contribution is 7.16. The van der Waals surface area contributed by atoms with Gasteiger partial charge < -0.3 is 9.72 Å². The van der Waals surface area contributed by atoms with E-state index < -0.39 is 12.1 Å². The number of benzene rings is 1. The molecule has 0 unspecified atom stereocenters. The molecule has 0 fully saturated rings. The van der Waals surface area contributed by atoms with Crippen molar-refractivity contribution in [1.82, 2.24) is 9.97 Å². The van der Waals surface area contributed by atoms with E-state index in [0.717, 1.165) is 10.2 Å². The number of ether oxygens (including phenoxy) is 1. The van der Waals surface area contributed by atoms with Crippen LogP contribution in [0, 0.1) is 13.8 Å². The zero-order valence-electron chi connectivity index (χ0n) is 14.9. The van der Waals surface area contributed by atoms with Crippen molar-refractivity contribution in [3.8, 4) is 0 Å². The molecule has 6 nitrogen and oxygen atoms in total. The van der Waals surface area contributed by atoms with Gasteiger partial charge in [0.05, 0.1) is 27.0 Å². The van der Waals surface area contributed by atoms with Gasteiger partial charge in [-0.15, -0.1) is 11.3 Å². The highest BCUT2D eigenvalue weighted by Gasteiger charge is 2.26. The van der Waals surface area contributed by atoms with Crippen molar-refractivity contribution in [1.29, 1.82) is 0 Å². The summed E-state index contributed by atoms with van der Waals surface area (Å²) in [4.78, 5) is 43.9. The second kappa shape index (κ2) is 6.84. The molecule has 1 atom stereocenters. The molecule has 1 aromatic carbocycles.